The van der Waals surface area contributed by atoms with E-state index in [1.54, 1.807) is 36.4 Å². The summed E-state index contributed by atoms with van der Waals surface area (Å²) in [4.78, 5) is 24.7. The molecule has 0 atom stereocenters. The van der Waals surface area contributed by atoms with Crippen LogP contribution in [-0.2, 0) is 21.4 Å². The number of hydrogen-bond acceptors (Lipinski definition) is 5. The fourth-order valence-electron chi connectivity index (χ4n) is 3.15. The number of para-hydroxylation sites is 1. The minimum absolute atomic E-state index is 0.0633. The Labute approximate surface area is 200 Å². The van der Waals surface area contributed by atoms with Crippen molar-refractivity contribution in [3.63, 3.8) is 0 Å². The zero-order chi connectivity index (χ0) is 24.1. The van der Waals surface area contributed by atoms with Crippen molar-refractivity contribution in [1.82, 2.24) is 9.78 Å². The van der Waals surface area contributed by atoms with Crippen LogP contribution in [0.1, 0.15) is 0 Å². The Balaban J connectivity index is 1.50. The second-order valence-electron chi connectivity index (χ2n) is 7.24. The lowest BCUT2D eigenvalue weighted by molar-refractivity contribution is -0.117. The number of anilines is 2. The van der Waals surface area contributed by atoms with Crippen LogP contribution >= 0.6 is 11.6 Å². The van der Waals surface area contributed by atoms with Crippen LogP contribution in [0.2, 0.25) is 5.02 Å². The third-order valence-corrected chi connectivity index (χ3v) is 6.47. The van der Waals surface area contributed by atoms with E-state index in [0.29, 0.717) is 5.69 Å². The van der Waals surface area contributed by atoms with Gasteiger partial charge in [-0.2, -0.15) is 5.10 Å². The highest BCUT2D eigenvalue weighted by Gasteiger charge is 2.17. The predicted molar refractivity (Wildman–Crippen MR) is 131 cm³/mol. The van der Waals surface area contributed by atoms with Gasteiger partial charge in [-0.1, -0.05) is 60.1 Å². The quantitative estimate of drug-likeness (QED) is 0.403. The number of carbonyl (C=O) groups is 1. The van der Waals surface area contributed by atoms with E-state index in [1.165, 1.54) is 24.3 Å². The Morgan fingerprint density at radius 2 is 1.65 bits per heavy atom. The van der Waals surface area contributed by atoms with Gasteiger partial charge in [0.15, 0.2) is 0 Å². The molecule has 0 spiro atoms. The molecule has 1 amide bonds. The van der Waals surface area contributed by atoms with Gasteiger partial charge in [-0.3, -0.25) is 14.3 Å². The molecule has 172 valence electrons. The summed E-state index contributed by atoms with van der Waals surface area (Å²) in [6.07, 6.45) is 0. The van der Waals surface area contributed by atoms with Crippen molar-refractivity contribution in [2.45, 2.75) is 11.4 Å². The summed E-state index contributed by atoms with van der Waals surface area (Å²) in [5.74, 6) is -0.534. The molecule has 0 saturated heterocycles. The number of carbonyl (C=O) groups excluding carboxylic acids is 1. The summed E-state index contributed by atoms with van der Waals surface area (Å²) < 4.78 is 29.0. The van der Waals surface area contributed by atoms with Crippen molar-refractivity contribution >= 4 is 38.9 Å². The molecule has 0 aliphatic heterocycles. The van der Waals surface area contributed by atoms with Crippen molar-refractivity contribution in [2.24, 2.45) is 0 Å². The summed E-state index contributed by atoms with van der Waals surface area (Å²) in [7, 11) is -3.95. The molecule has 8 nitrogen and oxygen atoms in total. The van der Waals surface area contributed by atoms with Crippen molar-refractivity contribution in [3.05, 3.63) is 106 Å². The van der Waals surface area contributed by atoms with Crippen LogP contribution in [0, 0.1) is 0 Å². The molecule has 3 aromatic carbocycles. The summed E-state index contributed by atoms with van der Waals surface area (Å²) in [5.41, 5.74) is 1.41. The Morgan fingerprint density at radius 3 is 2.41 bits per heavy atom. The summed E-state index contributed by atoms with van der Waals surface area (Å²) in [6, 6.07) is 24.4. The molecule has 4 rings (SSSR count). The molecule has 0 fully saturated rings. The Kier molecular flexibility index (Phi) is 6.76. The maximum atomic E-state index is 12.8. The van der Waals surface area contributed by atoms with Gasteiger partial charge in [-0.25, -0.2) is 13.1 Å². The molecule has 34 heavy (non-hydrogen) atoms. The summed E-state index contributed by atoms with van der Waals surface area (Å²) in [5, 5.41) is 7.12. The highest BCUT2D eigenvalue weighted by molar-refractivity contribution is 7.92. The number of amides is 1. The fourth-order valence-corrected chi connectivity index (χ4v) is 4.51. The maximum Gasteiger partial charge on any atom is 0.267 e. The number of nitrogens with one attached hydrogen (secondary N) is 2. The van der Waals surface area contributed by atoms with Crippen molar-refractivity contribution in [1.29, 1.82) is 0 Å². The van der Waals surface area contributed by atoms with E-state index in [0.717, 1.165) is 10.2 Å². The maximum absolute atomic E-state index is 12.8. The third-order valence-electron chi connectivity index (χ3n) is 4.78. The molecule has 1 heterocycles. The lowest BCUT2D eigenvalue weighted by atomic mass is 10.1. The largest absolute Gasteiger partial charge is 0.324 e. The second kappa shape index (κ2) is 9.90. The van der Waals surface area contributed by atoms with E-state index >= 15 is 0 Å². The van der Waals surface area contributed by atoms with Gasteiger partial charge in [0.05, 0.1) is 21.3 Å². The van der Waals surface area contributed by atoms with Gasteiger partial charge in [0.25, 0.3) is 15.6 Å². The van der Waals surface area contributed by atoms with Crippen LogP contribution in [0.5, 0.6) is 0 Å². The molecule has 0 unspecified atom stereocenters. The molecule has 2 N–H and O–H groups in total. The van der Waals surface area contributed by atoms with Crippen molar-refractivity contribution in [3.8, 4) is 11.3 Å². The van der Waals surface area contributed by atoms with Gasteiger partial charge in [0.2, 0.25) is 5.91 Å². The Morgan fingerprint density at radius 1 is 0.912 bits per heavy atom. The molecule has 0 radical (unpaired) electrons. The molecule has 0 aliphatic carbocycles. The van der Waals surface area contributed by atoms with Crippen LogP contribution in [0.3, 0.4) is 0 Å². The van der Waals surface area contributed by atoms with Gasteiger partial charge in [-0.15, -0.1) is 0 Å². The highest BCUT2D eigenvalue weighted by Crippen LogP contribution is 2.25. The van der Waals surface area contributed by atoms with Crippen molar-refractivity contribution < 1.29 is 13.2 Å². The first-order valence-electron chi connectivity index (χ1n) is 10.1. The van der Waals surface area contributed by atoms with Gasteiger partial charge >= 0.3 is 0 Å². The van der Waals surface area contributed by atoms with Gasteiger partial charge in [0.1, 0.15) is 6.54 Å². The molecular formula is C24H19ClN4O4S. The predicted octanol–water partition coefficient (Wildman–Crippen LogP) is 4.00. The smallest absolute Gasteiger partial charge is 0.267 e. The first kappa shape index (κ1) is 23.2. The monoisotopic (exact) mass is 494 g/mol. The van der Waals surface area contributed by atoms with E-state index < -0.39 is 21.5 Å². The number of aromatic nitrogens is 2. The standard InChI is InChI=1S/C24H19ClN4O4S/c25-20-11-4-5-12-22(20)28-34(32,33)19-10-6-9-18(15-19)26-23(30)16-29-24(31)14-13-21(27-29)17-7-2-1-3-8-17/h1-15,28H,16H2,(H,26,30). The van der Waals surface area contributed by atoms with E-state index in [9.17, 15) is 18.0 Å². The van der Waals surface area contributed by atoms with Crippen LogP contribution in [0.4, 0.5) is 11.4 Å². The molecule has 10 heteroatoms. The van der Waals surface area contributed by atoms with E-state index in [2.05, 4.69) is 15.1 Å². The molecule has 0 aliphatic rings. The molecule has 4 aromatic rings. The van der Waals surface area contributed by atoms with Gasteiger partial charge < -0.3 is 5.32 Å². The van der Waals surface area contributed by atoms with Crippen molar-refractivity contribution in [2.75, 3.05) is 10.0 Å². The Bertz CT molecular complexity index is 1500. The average Bonchev–Trinajstić information content (AvgIpc) is 2.82. The van der Waals surface area contributed by atoms with E-state index in [1.807, 2.05) is 30.3 Å². The minimum Gasteiger partial charge on any atom is -0.324 e. The van der Waals surface area contributed by atoms with E-state index in [-0.39, 0.29) is 27.8 Å². The number of sulfonamides is 1. The first-order chi connectivity index (χ1) is 16.3. The molecule has 0 bridgehead atoms. The zero-order valence-electron chi connectivity index (χ0n) is 17.7. The fraction of sp³-hybridized carbons (Fsp3) is 0.0417. The number of halogens is 1. The topological polar surface area (TPSA) is 110 Å². The number of nitrogens with zero attached hydrogens (tertiary/aromatic N) is 2. The van der Waals surface area contributed by atoms with E-state index in [4.69, 9.17) is 11.6 Å². The highest BCUT2D eigenvalue weighted by atomic mass is 35.5. The lowest BCUT2D eigenvalue weighted by Gasteiger charge is -2.12. The van der Waals surface area contributed by atoms with Crippen LogP contribution in [-0.4, -0.2) is 24.1 Å². The summed E-state index contributed by atoms with van der Waals surface area (Å²) >= 11 is 6.04. The van der Waals surface area contributed by atoms with Gasteiger partial charge in [0, 0.05) is 17.3 Å². The molecule has 1 aromatic heterocycles. The van der Waals surface area contributed by atoms with Crippen LogP contribution in [0.25, 0.3) is 11.3 Å². The lowest BCUT2D eigenvalue weighted by Crippen LogP contribution is -2.29. The number of rotatable bonds is 7. The van der Waals surface area contributed by atoms with Crippen LogP contribution < -0.4 is 15.6 Å². The average molecular weight is 495 g/mol. The van der Waals surface area contributed by atoms with Crippen LogP contribution in [0.15, 0.2) is 101 Å². The second-order valence-corrected chi connectivity index (χ2v) is 9.33. The number of benzene rings is 3. The number of hydrogen-bond donors (Lipinski definition) is 2. The SMILES string of the molecule is O=C(Cn1nc(-c2ccccc2)ccc1=O)Nc1cccc(S(=O)(=O)Nc2ccccc2Cl)c1. The molecular weight excluding hydrogens is 476 g/mol. The molecule has 0 saturated carbocycles. The minimum atomic E-state index is -3.95. The third kappa shape index (κ3) is 5.51. The normalized spacial score (nSPS) is 11.1. The Hall–Kier alpha value is -3.95. The van der Waals surface area contributed by atoms with Gasteiger partial charge in [-0.05, 0) is 36.4 Å². The zero-order valence-corrected chi connectivity index (χ0v) is 19.3. The summed E-state index contributed by atoms with van der Waals surface area (Å²) in [6.45, 7) is -0.339. The first-order valence-corrected chi connectivity index (χ1v) is 12.0.